The molecule has 1 aliphatic rings. The van der Waals surface area contributed by atoms with Gasteiger partial charge < -0.3 is 15.1 Å². The second-order valence-electron chi connectivity index (χ2n) is 8.23. The van der Waals surface area contributed by atoms with Gasteiger partial charge in [-0.1, -0.05) is 42.7 Å². The van der Waals surface area contributed by atoms with Crippen molar-refractivity contribution in [2.75, 3.05) is 26.7 Å². The second kappa shape index (κ2) is 12.6. The third kappa shape index (κ3) is 6.49. The highest BCUT2D eigenvalue weighted by Gasteiger charge is 2.37. The zero-order chi connectivity index (χ0) is 24.4. The van der Waals surface area contributed by atoms with Gasteiger partial charge in [-0.2, -0.15) is 0 Å². The van der Waals surface area contributed by atoms with Crippen LogP contribution in [0.25, 0.3) is 0 Å². The van der Waals surface area contributed by atoms with E-state index in [0.717, 1.165) is 43.6 Å². The van der Waals surface area contributed by atoms with Crippen molar-refractivity contribution in [1.82, 2.24) is 15.1 Å². The third-order valence-electron chi connectivity index (χ3n) is 6.32. The minimum Gasteiger partial charge on any atom is -0.325 e. The molecule has 1 saturated heterocycles. The molecule has 1 fully saturated rings. The van der Waals surface area contributed by atoms with Crippen molar-refractivity contribution >= 4 is 21.2 Å². The summed E-state index contributed by atoms with van der Waals surface area (Å²) >= 11 is 0. The monoisotopic (exact) mass is 473 g/mol. The molecule has 1 aliphatic heterocycles. The Morgan fingerprint density at radius 3 is 2.42 bits per heavy atom. The van der Waals surface area contributed by atoms with Crippen molar-refractivity contribution in [1.29, 1.82) is 0 Å². The number of urea groups is 1. The molecular formula is C26H34F2N3OP. The van der Waals surface area contributed by atoms with Crippen LogP contribution in [0.15, 0.2) is 61.2 Å². The van der Waals surface area contributed by atoms with E-state index >= 15 is 0 Å². The first-order chi connectivity index (χ1) is 15.9. The van der Waals surface area contributed by atoms with Crippen molar-refractivity contribution in [3.05, 3.63) is 83.9 Å². The van der Waals surface area contributed by atoms with E-state index in [1.165, 1.54) is 6.07 Å². The van der Waals surface area contributed by atoms with Gasteiger partial charge in [0, 0.05) is 19.6 Å². The van der Waals surface area contributed by atoms with Crippen molar-refractivity contribution < 1.29 is 13.6 Å². The molecule has 0 saturated carbocycles. The molecule has 2 amide bonds. The van der Waals surface area contributed by atoms with E-state index in [-0.39, 0.29) is 30.6 Å². The molecule has 2 aromatic carbocycles. The number of benzene rings is 2. The van der Waals surface area contributed by atoms with Gasteiger partial charge in [-0.05, 0) is 68.6 Å². The lowest BCUT2D eigenvalue weighted by Crippen LogP contribution is -2.55. The summed E-state index contributed by atoms with van der Waals surface area (Å²) in [5.41, 5.74) is 0.363. The van der Waals surface area contributed by atoms with Crippen LogP contribution >= 0.6 is 8.86 Å². The average Bonchev–Trinajstić information content (AvgIpc) is 2.87. The molecule has 0 spiro atoms. The van der Waals surface area contributed by atoms with Gasteiger partial charge in [0.15, 0.2) is 0 Å². The van der Waals surface area contributed by atoms with Gasteiger partial charge in [-0.25, -0.2) is 13.6 Å². The summed E-state index contributed by atoms with van der Waals surface area (Å²) in [6, 6.07) is 13.1. The van der Waals surface area contributed by atoms with Crippen molar-refractivity contribution in [2.45, 2.75) is 37.8 Å². The van der Waals surface area contributed by atoms with Gasteiger partial charge in [0.25, 0.3) is 0 Å². The largest absolute Gasteiger partial charge is 0.325 e. The van der Waals surface area contributed by atoms with E-state index in [4.69, 9.17) is 0 Å². The minimum absolute atomic E-state index is 0.131. The van der Waals surface area contributed by atoms with Gasteiger partial charge in [-0.3, -0.25) is 0 Å². The molecule has 0 aromatic heterocycles. The zero-order valence-corrected chi connectivity index (χ0v) is 20.5. The number of nitrogens with one attached hydrogen (secondary N) is 1. The van der Waals surface area contributed by atoms with E-state index in [1.54, 1.807) is 15.9 Å². The predicted octanol–water partition coefficient (Wildman–Crippen LogP) is 5.28. The first-order valence-corrected chi connectivity index (χ1v) is 11.8. The van der Waals surface area contributed by atoms with E-state index in [1.807, 2.05) is 44.3 Å². The zero-order valence-electron chi connectivity index (χ0n) is 19.5. The molecule has 0 bridgehead atoms. The molecule has 1 N–H and O–H groups in total. The van der Waals surface area contributed by atoms with Crippen LogP contribution in [-0.4, -0.2) is 54.9 Å². The molecule has 1 unspecified atom stereocenters. The maximum atomic E-state index is 14.3. The minimum atomic E-state index is -0.802. The lowest BCUT2D eigenvalue weighted by Gasteiger charge is -2.44. The number of hydrogen-bond acceptors (Lipinski definition) is 2. The summed E-state index contributed by atoms with van der Waals surface area (Å²) in [5, 5.41) is 3.32. The highest BCUT2D eigenvalue weighted by Crippen LogP contribution is 2.31. The van der Waals surface area contributed by atoms with Crippen molar-refractivity contribution in [2.24, 2.45) is 0 Å². The van der Waals surface area contributed by atoms with Crippen molar-refractivity contribution in [3.63, 3.8) is 0 Å². The molecule has 2 aromatic rings. The van der Waals surface area contributed by atoms with Gasteiger partial charge in [0.05, 0.1) is 5.54 Å². The Bertz CT molecular complexity index is 921. The number of carbonyl (C=O) groups is 1. The Hall–Kier alpha value is -2.56. The van der Waals surface area contributed by atoms with Crippen LogP contribution in [0.1, 0.15) is 30.9 Å². The second-order valence-corrected chi connectivity index (χ2v) is 8.23. The molecule has 0 aliphatic carbocycles. The molecule has 4 nitrogen and oxygen atoms in total. The van der Waals surface area contributed by atoms with Gasteiger partial charge >= 0.3 is 6.03 Å². The van der Waals surface area contributed by atoms with E-state index < -0.39 is 17.2 Å². The summed E-state index contributed by atoms with van der Waals surface area (Å²) in [6.07, 6.45) is 6.76. The molecule has 1 atom stereocenters. The van der Waals surface area contributed by atoms with Crippen LogP contribution in [0.2, 0.25) is 0 Å². The normalized spacial score (nSPS) is 15.5. The fraction of sp³-hybridized carbons (Fsp3) is 0.385. The van der Waals surface area contributed by atoms with Gasteiger partial charge in [0.2, 0.25) is 0 Å². The smallest absolute Gasteiger partial charge is 0.320 e. The Morgan fingerprint density at radius 1 is 1.18 bits per heavy atom. The molecule has 0 radical (unpaired) electrons. The Balaban J connectivity index is 0.00000187. The number of piperidine rings is 1. The number of rotatable bonds is 7. The topological polar surface area (TPSA) is 35.6 Å². The maximum Gasteiger partial charge on any atom is 0.320 e. The van der Waals surface area contributed by atoms with Crippen LogP contribution in [0.4, 0.5) is 13.6 Å². The SMILES string of the molecule is C=CC(C)(c1ccccc1)N(CCc1cc(F)ccc1F)C(=O)N(C)C1CCNCC1.C=P. The number of carbonyl (C=O) groups excluding carboxylic acids is 1. The molecule has 33 heavy (non-hydrogen) atoms. The molecule has 3 rings (SSSR count). The Kier molecular flexibility index (Phi) is 10.2. The number of nitrogens with zero attached hydrogens (tertiary/aromatic N) is 2. The average molecular weight is 474 g/mol. The third-order valence-corrected chi connectivity index (χ3v) is 6.32. The van der Waals surface area contributed by atoms with Crippen LogP contribution < -0.4 is 5.32 Å². The lowest BCUT2D eigenvalue weighted by molar-refractivity contribution is 0.102. The lowest BCUT2D eigenvalue weighted by atomic mass is 9.89. The standard InChI is InChI=1S/C25H31F2N3O.CH3P/c1-4-25(2,20-8-6-5-7-9-20)30(17-14-19-18-21(26)10-11-23(19)27)24(31)29(3)22-12-15-28-16-13-22;1-2/h4-11,18,22,28H,1,12-17H2,2-3H3;2H,1H2. The first-order valence-electron chi connectivity index (χ1n) is 11.1. The van der Waals surface area contributed by atoms with E-state index in [2.05, 4.69) is 27.1 Å². The summed E-state index contributed by atoms with van der Waals surface area (Å²) in [6.45, 7) is 7.92. The van der Waals surface area contributed by atoms with Crippen LogP contribution in [-0.2, 0) is 12.0 Å². The molecule has 7 heteroatoms. The first kappa shape index (κ1) is 26.7. The maximum absolute atomic E-state index is 14.3. The molecular weight excluding hydrogens is 439 g/mol. The number of halogens is 2. The summed E-state index contributed by atoms with van der Waals surface area (Å²) in [4.78, 5) is 17.2. The van der Waals surface area contributed by atoms with Crippen LogP contribution in [0.5, 0.6) is 0 Å². The predicted molar refractivity (Wildman–Crippen MR) is 135 cm³/mol. The van der Waals surface area contributed by atoms with E-state index in [9.17, 15) is 13.6 Å². The number of amides is 2. The van der Waals surface area contributed by atoms with Crippen LogP contribution in [0.3, 0.4) is 0 Å². The Morgan fingerprint density at radius 2 is 1.82 bits per heavy atom. The van der Waals surface area contributed by atoms with Crippen LogP contribution in [0, 0.1) is 11.6 Å². The van der Waals surface area contributed by atoms with Gasteiger partial charge in [0.1, 0.15) is 11.6 Å². The quantitative estimate of drug-likeness (QED) is 0.439. The highest BCUT2D eigenvalue weighted by atomic mass is 31.0. The summed E-state index contributed by atoms with van der Waals surface area (Å²) < 4.78 is 28.0. The summed E-state index contributed by atoms with van der Waals surface area (Å²) in [5.74, 6) is -0.962. The van der Waals surface area contributed by atoms with Gasteiger partial charge in [-0.15, -0.1) is 15.4 Å². The van der Waals surface area contributed by atoms with Crippen molar-refractivity contribution in [3.8, 4) is 0 Å². The highest BCUT2D eigenvalue weighted by molar-refractivity contribution is 7.15. The fourth-order valence-electron chi connectivity index (χ4n) is 4.19. The molecule has 178 valence electrons. The molecule has 1 heterocycles. The fourth-order valence-corrected chi connectivity index (χ4v) is 4.19. The number of hydrogen-bond donors (Lipinski definition) is 1. The van der Waals surface area contributed by atoms with E-state index in [0.29, 0.717) is 0 Å². The Labute approximate surface area is 198 Å². The summed E-state index contributed by atoms with van der Waals surface area (Å²) in [7, 11) is 4.54.